The second kappa shape index (κ2) is 12.9. The normalized spacial score (nSPS) is 17.2. The molecule has 1 aliphatic carbocycles. The molecule has 1 unspecified atom stereocenters. The molecule has 0 aromatic carbocycles. The Morgan fingerprint density at radius 1 is 1.00 bits per heavy atom. The Hall–Kier alpha value is -0.440. The highest BCUT2D eigenvalue weighted by atomic mass is 32.2. The maximum atomic E-state index is 4.23. The van der Waals surface area contributed by atoms with Gasteiger partial charge in [-0.2, -0.15) is 11.8 Å². The minimum Gasteiger partial charge on any atom is -0.336 e. The molecule has 0 amide bonds. The lowest BCUT2D eigenvalue weighted by molar-refractivity contribution is 0.333. The van der Waals surface area contributed by atoms with Crippen LogP contribution >= 0.6 is 11.8 Å². The Balaban J connectivity index is 1.61. The van der Waals surface area contributed by atoms with E-state index in [1.165, 1.54) is 89.2 Å². The SMILES string of the molecule is CCCCCCCCCCSC(Cn1ccnc1)C1CCCCC1. The zero-order chi connectivity index (χ0) is 16.9. The van der Waals surface area contributed by atoms with Crippen LogP contribution in [0.3, 0.4) is 0 Å². The fourth-order valence-electron chi connectivity index (χ4n) is 3.92. The van der Waals surface area contributed by atoms with Gasteiger partial charge in [-0.1, -0.05) is 71.1 Å². The molecule has 3 heteroatoms. The predicted molar refractivity (Wildman–Crippen MR) is 108 cm³/mol. The molecule has 0 N–H and O–H groups in total. The summed E-state index contributed by atoms with van der Waals surface area (Å²) in [7, 11) is 0. The number of nitrogens with zero attached hydrogens (tertiary/aromatic N) is 2. The summed E-state index contributed by atoms with van der Waals surface area (Å²) >= 11 is 2.25. The quantitative estimate of drug-likeness (QED) is 0.368. The third-order valence-electron chi connectivity index (χ3n) is 5.46. The molecule has 0 radical (unpaired) electrons. The summed E-state index contributed by atoms with van der Waals surface area (Å²) in [5.74, 6) is 2.28. The van der Waals surface area contributed by atoms with E-state index in [4.69, 9.17) is 0 Å². The van der Waals surface area contributed by atoms with E-state index in [0.717, 1.165) is 17.7 Å². The number of hydrogen-bond acceptors (Lipinski definition) is 2. The van der Waals surface area contributed by atoms with Crippen molar-refractivity contribution in [3.05, 3.63) is 18.7 Å². The maximum Gasteiger partial charge on any atom is 0.0946 e. The number of thioether (sulfide) groups is 1. The summed E-state index contributed by atoms with van der Waals surface area (Å²) in [6.07, 6.45) is 24.7. The van der Waals surface area contributed by atoms with Crippen LogP contribution in [0, 0.1) is 5.92 Å². The molecule has 138 valence electrons. The topological polar surface area (TPSA) is 17.8 Å². The maximum absolute atomic E-state index is 4.23. The molecular weight excluding hydrogens is 312 g/mol. The average Bonchev–Trinajstić information content (AvgIpc) is 3.13. The summed E-state index contributed by atoms with van der Waals surface area (Å²) < 4.78 is 2.29. The van der Waals surface area contributed by atoms with E-state index in [1.54, 1.807) is 0 Å². The second-order valence-corrected chi connectivity index (χ2v) is 8.89. The summed E-state index contributed by atoms with van der Waals surface area (Å²) in [6, 6.07) is 0. The Morgan fingerprint density at radius 2 is 1.71 bits per heavy atom. The van der Waals surface area contributed by atoms with Crippen molar-refractivity contribution >= 4 is 11.8 Å². The highest BCUT2D eigenvalue weighted by molar-refractivity contribution is 7.99. The molecule has 1 aromatic heterocycles. The van der Waals surface area contributed by atoms with Gasteiger partial charge in [-0.15, -0.1) is 0 Å². The lowest BCUT2D eigenvalue weighted by atomic mass is 9.86. The first-order valence-corrected chi connectivity index (χ1v) is 11.5. The van der Waals surface area contributed by atoms with Crippen LogP contribution < -0.4 is 0 Å². The van der Waals surface area contributed by atoms with Gasteiger partial charge in [-0.05, 0) is 30.9 Å². The lowest BCUT2D eigenvalue weighted by Crippen LogP contribution is -2.25. The molecule has 0 aliphatic heterocycles. The highest BCUT2D eigenvalue weighted by Crippen LogP contribution is 2.34. The molecule has 0 spiro atoms. The lowest BCUT2D eigenvalue weighted by Gasteiger charge is -2.30. The molecule has 0 bridgehead atoms. The summed E-state index contributed by atoms with van der Waals surface area (Å²) in [4.78, 5) is 4.23. The third kappa shape index (κ3) is 8.09. The van der Waals surface area contributed by atoms with Crippen molar-refractivity contribution in [1.29, 1.82) is 0 Å². The largest absolute Gasteiger partial charge is 0.336 e. The van der Waals surface area contributed by atoms with Crippen molar-refractivity contribution < 1.29 is 0 Å². The van der Waals surface area contributed by atoms with Crippen LogP contribution in [0.1, 0.15) is 90.4 Å². The number of aromatic nitrogens is 2. The van der Waals surface area contributed by atoms with E-state index in [-0.39, 0.29) is 0 Å². The van der Waals surface area contributed by atoms with E-state index in [0.29, 0.717) is 0 Å². The number of unbranched alkanes of at least 4 members (excludes halogenated alkanes) is 7. The van der Waals surface area contributed by atoms with Crippen molar-refractivity contribution in [1.82, 2.24) is 9.55 Å². The van der Waals surface area contributed by atoms with Gasteiger partial charge in [0.05, 0.1) is 6.33 Å². The Morgan fingerprint density at radius 3 is 2.38 bits per heavy atom. The van der Waals surface area contributed by atoms with Gasteiger partial charge in [0.15, 0.2) is 0 Å². The van der Waals surface area contributed by atoms with E-state index in [9.17, 15) is 0 Å². The molecule has 1 heterocycles. The van der Waals surface area contributed by atoms with Crippen LogP contribution in [-0.4, -0.2) is 20.6 Å². The number of hydrogen-bond donors (Lipinski definition) is 0. The zero-order valence-corrected chi connectivity index (χ0v) is 16.6. The molecular formula is C21H38N2S. The van der Waals surface area contributed by atoms with Crippen LogP contribution in [0.2, 0.25) is 0 Å². The summed E-state index contributed by atoms with van der Waals surface area (Å²) in [6.45, 7) is 3.45. The monoisotopic (exact) mass is 350 g/mol. The summed E-state index contributed by atoms with van der Waals surface area (Å²) in [5.41, 5.74) is 0. The fraction of sp³-hybridized carbons (Fsp3) is 0.857. The third-order valence-corrected chi connectivity index (χ3v) is 6.94. The molecule has 1 aromatic rings. The van der Waals surface area contributed by atoms with Gasteiger partial charge in [0, 0.05) is 24.2 Å². The van der Waals surface area contributed by atoms with E-state index in [1.807, 2.05) is 12.5 Å². The van der Waals surface area contributed by atoms with E-state index >= 15 is 0 Å². The molecule has 24 heavy (non-hydrogen) atoms. The molecule has 2 nitrogen and oxygen atoms in total. The van der Waals surface area contributed by atoms with Gasteiger partial charge in [0.25, 0.3) is 0 Å². The second-order valence-electron chi connectivity index (χ2n) is 7.54. The van der Waals surface area contributed by atoms with Crippen molar-refractivity contribution in [2.75, 3.05) is 5.75 Å². The van der Waals surface area contributed by atoms with Gasteiger partial charge in [0.1, 0.15) is 0 Å². The van der Waals surface area contributed by atoms with Crippen LogP contribution in [0.15, 0.2) is 18.7 Å². The van der Waals surface area contributed by atoms with Gasteiger partial charge in [-0.3, -0.25) is 0 Å². The first kappa shape index (κ1) is 19.9. The van der Waals surface area contributed by atoms with Crippen LogP contribution in [0.5, 0.6) is 0 Å². The molecule has 1 saturated carbocycles. The fourth-order valence-corrected chi connectivity index (χ4v) is 5.41. The first-order valence-electron chi connectivity index (χ1n) is 10.5. The Labute approximate surface area is 154 Å². The molecule has 1 atom stereocenters. The van der Waals surface area contributed by atoms with Gasteiger partial charge >= 0.3 is 0 Å². The minimum absolute atomic E-state index is 0.795. The smallest absolute Gasteiger partial charge is 0.0946 e. The van der Waals surface area contributed by atoms with Crippen molar-refractivity contribution in [3.63, 3.8) is 0 Å². The molecule has 1 fully saturated rings. The van der Waals surface area contributed by atoms with Crippen molar-refractivity contribution in [2.45, 2.75) is 102 Å². The Bertz CT molecular complexity index is 385. The molecule has 1 aliphatic rings. The van der Waals surface area contributed by atoms with Gasteiger partial charge < -0.3 is 4.57 Å². The van der Waals surface area contributed by atoms with Gasteiger partial charge in [0.2, 0.25) is 0 Å². The van der Waals surface area contributed by atoms with Crippen LogP contribution in [-0.2, 0) is 6.54 Å². The van der Waals surface area contributed by atoms with Crippen molar-refractivity contribution in [2.24, 2.45) is 5.92 Å². The zero-order valence-electron chi connectivity index (χ0n) is 15.8. The average molecular weight is 351 g/mol. The first-order chi connectivity index (χ1) is 11.9. The van der Waals surface area contributed by atoms with Crippen molar-refractivity contribution in [3.8, 4) is 0 Å². The number of rotatable bonds is 13. The van der Waals surface area contributed by atoms with E-state index < -0.39 is 0 Å². The van der Waals surface area contributed by atoms with Crippen LogP contribution in [0.25, 0.3) is 0 Å². The number of imidazole rings is 1. The minimum atomic E-state index is 0.795. The molecule has 2 rings (SSSR count). The predicted octanol–water partition coefficient (Wildman–Crippen LogP) is 6.71. The highest BCUT2D eigenvalue weighted by Gasteiger charge is 2.24. The Kier molecular flexibility index (Phi) is 10.6. The standard InChI is InChI=1S/C21H38N2S/c1-2-3-4-5-6-7-8-12-17-24-21(18-23-16-15-22-19-23)20-13-10-9-11-14-20/h15-16,19-21H,2-14,17-18H2,1H3. The summed E-state index contributed by atoms with van der Waals surface area (Å²) in [5, 5.41) is 0.795. The van der Waals surface area contributed by atoms with Gasteiger partial charge in [-0.25, -0.2) is 4.98 Å². The molecule has 0 saturated heterocycles. The van der Waals surface area contributed by atoms with E-state index in [2.05, 4.69) is 34.4 Å². The van der Waals surface area contributed by atoms with Crippen LogP contribution in [0.4, 0.5) is 0 Å².